The Morgan fingerprint density at radius 2 is 1.40 bits per heavy atom. The summed E-state index contributed by atoms with van der Waals surface area (Å²) in [6.07, 6.45) is 0.250. The number of benzene rings is 3. The molecule has 1 saturated heterocycles. The number of rotatable bonds is 1. The number of hydrogen-bond acceptors (Lipinski definition) is 3. The van der Waals surface area contributed by atoms with Gasteiger partial charge in [-0.1, -0.05) is 66.7 Å². The molecule has 5 rings (SSSR count). The molecule has 1 spiro atoms. The Bertz CT molecular complexity index is 960. The van der Waals surface area contributed by atoms with E-state index in [1.54, 1.807) is 12.1 Å². The number of carbonyl (C=O) groups is 1. The lowest BCUT2D eigenvalue weighted by Crippen LogP contribution is -2.30. The first-order valence-corrected chi connectivity index (χ1v) is 8.41. The van der Waals surface area contributed by atoms with Gasteiger partial charge in [0.1, 0.15) is 5.75 Å². The number of phenolic OH excluding ortho intramolecular Hbond substituents is 1. The standard InChI is InChI=1S/C22H16O3/c23-20-12-6-3-9-16(20)19-13-21(24)25-22(19)17-10-4-1-7-14(17)15-8-2-5-11-18(15)22/h1-12,19,23H,13H2/t19-/m1/s1. The summed E-state index contributed by atoms with van der Waals surface area (Å²) in [6, 6.07) is 23.4. The van der Waals surface area contributed by atoms with Crippen LogP contribution in [0.5, 0.6) is 5.75 Å². The van der Waals surface area contributed by atoms with Crippen LogP contribution in [0.2, 0.25) is 0 Å². The maximum absolute atomic E-state index is 12.4. The molecule has 3 aromatic rings. The fourth-order valence-electron chi connectivity index (χ4n) is 4.43. The highest BCUT2D eigenvalue weighted by atomic mass is 16.6. The van der Waals surface area contributed by atoms with Crippen LogP contribution in [-0.4, -0.2) is 11.1 Å². The van der Waals surface area contributed by atoms with E-state index >= 15 is 0 Å². The van der Waals surface area contributed by atoms with Gasteiger partial charge in [0, 0.05) is 22.6 Å². The zero-order valence-electron chi connectivity index (χ0n) is 13.5. The van der Waals surface area contributed by atoms with E-state index in [1.807, 2.05) is 48.5 Å². The Kier molecular flexibility index (Phi) is 2.84. The summed E-state index contributed by atoms with van der Waals surface area (Å²) < 4.78 is 6.03. The zero-order chi connectivity index (χ0) is 17.0. The minimum absolute atomic E-state index is 0.201. The fraction of sp³-hybridized carbons (Fsp3) is 0.136. The first-order chi connectivity index (χ1) is 12.2. The third-order valence-corrected chi connectivity index (χ3v) is 5.39. The van der Waals surface area contributed by atoms with Crippen LogP contribution in [0, 0.1) is 0 Å². The molecule has 2 aliphatic rings. The Hall–Kier alpha value is -3.07. The first kappa shape index (κ1) is 14.3. The van der Waals surface area contributed by atoms with Crippen LogP contribution in [0.15, 0.2) is 72.8 Å². The van der Waals surface area contributed by atoms with Crippen LogP contribution >= 0.6 is 0 Å². The normalized spacial score (nSPS) is 19.5. The van der Waals surface area contributed by atoms with E-state index in [0.717, 1.165) is 27.8 Å². The summed E-state index contributed by atoms with van der Waals surface area (Å²) in [5.41, 5.74) is 4.05. The van der Waals surface area contributed by atoms with Gasteiger partial charge < -0.3 is 9.84 Å². The number of para-hydroxylation sites is 1. The van der Waals surface area contributed by atoms with E-state index in [9.17, 15) is 9.90 Å². The number of ether oxygens (including phenoxy) is 1. The summed E-state index contributed by atoms with van der Waals surface area (Å²) >= 11 is 0. The molecule has 1 atom stereocenters. The molecule has 1 fully saturated rings. The molecule has 0 unspecified atom stereocenters. The van der Waals surface area contributed by atoms with Gasteiger partial charge >= 0.3 is 5.97 Å². The van der Waals surface area contributed by atoms with Crippen molar-refractivity contribution in [2.24, 2.45) is 0 Å². The molecule has 25 heavy (non-hydrogen) atoms. The van der Waals surface area contributed by atoms with Crippen LogP contribution in [-0.2, 0) is 15.1 Å². The van der Waals surface area contributed by atoms with Gasteiger partial charge in [0.25, 0.3) is 0 Å². The minimum atomic E-state index is -0.872. The third-order valence-electron chi connectivity index (χ3n) is 5.39. The molecular weight excluding hydrogens is 312 g/mol. The number of phenols is 1. The maximum atomic E-state index is 12.4. The van der Waals surface area contributed by atoms with Gasteiger partial charge in [-0.2, -0.15) is 0 Å². The van der Waals surface area contributed by atoms with Gasteiger partial charge in [-0.15, -0.1) is 0 Å². The average Bonchev–Trinajstić information content (AvgIpc) is 3.13. The Labute approximate surface area is 145 Å². The number of aromatic hydroxyl groups is 1. The first-order valence-electron chi connectivity index (χ1n) is 8.41. The molecule has 0 amide bonds. The summed E-state index contributed by atoms with van der Waals surface area (Å²) in [5.74, 6) is -0.294. The monoisotopic (exact) mass is 328 g/mol. The molecule has 3 heteroatoms. The van der Waals surface area contributed by atoms with Crippen molar-refractivity contribution in [1.29, 1.82) is 0 Å². The molecule has 1 aliphatic heterocycles. The van der Waals surface area contributed by atoms with Gasteiger partial charge in [-0.3, -0.25) is 4.79 Å². The number of esters is 1. The van der Waals surface area contributed by atoms with Gasteiger partial charge in [-0.05, 0) is 17.2 Å². The maximum Gasteiger partial charge on any atom is 0.307 e. The molecule has 0 radical (unpaired) electrons. The molecule has 1 heterocycles. The van der Waals surface area contributed by atoms with Crippen LogP contribution in [0.3, 0.4) is 0 Å². The van der Waals surface area contributed by atoms with Gasteiger partial charge in [-0.25, -0.2) is 0 Å². The summed E-state index contributed by atoms with van der Waals surface area (Å²) in [5, 5.41) is 10.4. The van der Waals surface area contributed by atoms with E-state index in [2.05, 4.69) is 12.1 Å². The molecule has 3 aromatic carbocycles. The van der Waals surface area contributed by atoms with Gasteiger partial charge in [0.05, 0.1) is 6.42 Å². The van der Waals surface area contributed by atoms with Crippen LogP contribution in [0.25, 0.3) is 11.1 Å². The highest BCUT2D eigenvalue weighted by Crippen LogP contribution is 2.60. The van der Waals surface area contributed by atoms with Crippen molar-refractivity contribution in [3.8, 4) is 16.9 Å². The van der Waals surface area contributed by atoms with Crippen molar-refractivity contribution in [2.45, 2.75) is 17.9 Å². The van der Waals surface area contributed by atoms with E-state index < -0.39 is 5.60 Å². The number of carbonyl (C=O) groups excluding carboxylic acids is 1. The Morgan fingerprint density at radius 3 is 2.04 bits per heavy atom. The largest absolute Gasteiger partial charge is 0.508 e. The average molecular weight is 328 g/mol. The Balaban J connectivity index is 1.84. The third kappa shape index (κ3) is 1.78. The second-order valence-electron chi connectivity index (χ2n) is 6.62. The minimum Gasteiger partial charge on any atom is -0.508 e. The number of hydrogen-bond donors (Lipinski definition) is 1. The zero-order valence-corrected chi connectivity index (χ0v) is 13.5. The molecule has 0 saturated carbocycles. The van der Waals surface area contributed by atoms with Crippen LogP contribution in [0.4, 0.5) is 0 Å². The van der Waals surface area contributed by atoms with E-state index in [0.29, 0.717) is 0 Å². The van der Waals surface area contributed by atoms with Crippen LogP contribution in [0.1, 0.15) is 29.0 Å². The van der Waals surface area contributed by atoms with E-state index in [1.165, 1.54) is 0 Å². The van der Waals surface area contributed by atoms with Crippen molar-refractivity contribution in [3.63, 3.8) is 0 Å². The smallest absolute Gasteiger partial charge is 0.307 e. The lowest BCUT2D eigenvalue weighted by Gasteiger charge is -2.32. The highest BCUT2D eigenvalue weighted by Gasteiger charge is 2.57. The SMILES string of the molecule is O=C1C[C@H](c2ccccc2O)C2(O1)c1ccccc1-c1ccccc12. The van der Waals surface area contributed by atoms with Crippen molar-refractivity contribution in [1.82, 2.24) is 0 Å². The second-order valence-corrected chi connectivity index (χ2v) is 6.62. The molecule has 0 bridgehead atoms. The second kappa shape index (κ2) is 4.96. The molecular formula is C22H16O3. The summed E-state index contributed by atoms with van der Waals surface area (Å²) in [4.78, 5) is 12.4. The van der Waals surface area contributed by atoms with E-state index in [-0.39, 0.29) is 24.1 Å². The summed E-state index contributed by atoms with van der Waals surface area (Å²) in [7, 11) is 0. The van der Waals surface area contributed by atoms with E-state index in [4.69, 9.17) is 4.74 Å². The number of fused-ring (bicyclic) bond motifs is 5. The van der Waals surface area contributed by atoms with Gasteiger partial charge in [0.15, 0.2) is 5.60 Å². The molecule has 3 nitrogen and oxygen atoms in total. The summed E-state index contributed by atoms with van der Waals surface area (Å²) in [6.45, 7) is 0. The molecule has 122 valence electrons. The van der Waals surface area contributed by atoms with Gasteiger partial charge in [0.2, 0.25) is 0 Å². The molecule has 1 aliphatic carbocycles. The molecule has 0 aromatic heterocycles. The predicted molar refractivity (Wildman–Crippen MR) is 94.2 cm³/mol. The quantitative estimate of drug-likeness (QED) is 0.676. The van der Waals surface area contributed by atoms with Crippen molar-refractivity contribution < 1.29 is 14.6 Å². The van der Waals surface area contributed by atoms with Crippen molar-refractivity contribution in [3.05, 3.63) is 89.5 Å². The lowest BCUT2D eigenvalue weighted by molar-refractivity contribution is -0.146. The fourth-order valence-corrected chi connectivity index (χ4v) is 4.43. The van der Waals surface area contributed by atoms with Crippen molar-refractivity contribution >= 4 is 5.97 Å². The Morgan fingerprint density at radius 1 is 0.840 bits per heavy atom. The van der Waals surface area contributed by atoms with Crippen LogP contribution < -0.4 is 0 Å². The van der Waals surface area contributed by atoms with Crippen molar-refractivity contribution in [2.75, 3.05) is 0 Å². The lowest BCUT2D eigenvalue weighted by atomic mass is 9.75. The predicted octanol–water partition coefficient (Wildman–Crippen LogP) is 4.35. The highest BCUT2D eigenvalue weighted by molar-refractivity contribution is 5.86. The topological polar surface area (TPSA) is 46.5 Å². The molecule has 1 N–H and O–H groups in total.